The van der Waals surface area contributed by atoms with E-state index in [1.807, 2.05) is 26.0 Å². The average molecular weight is 513 g/mol. The van der Waals surface area contributed by atoms with Crippen LogP contribution in [0.15, 0.2) is 12.2 Å². The first-order valence-corrected chi connectivity index (χ1v) is 13.5. The standard InChI is InChI=1S/C25H44Cl3NO3/c1-5-6-7-8-9-10-11-12-13-14-15-16-17-21-22(32-24(3,4)31-21)19-18-20(2)30-23(29)25(26,27)28/h18-22,29H,5-17H2,1-4H3/b19-18+,29-23?/t20-,21+,22-/m0/s1. The lowest BCUT2D eigenvalue weighted by atomic mass is 10.0. The molecule has 3 atom stereocenters. The summed E-state index contributed by atoms with van der Waals surface area (Å²) < 4.78 is 15.6. The highest BCUT2D eigenvalue weighted by molar-refractivity contribution is 6.76. The molecule has 188 valence electrons. The number of hydrogen-bond acceptors (Lipinski definition) is 4. The van der Waals surface area contributed by atoms with Crippen LogP contribution in [-0.4, -0.2) is 33.8 Å². The van der Waals surface area contributed by atoms with Crippen molar-refractivity contribution in [3.63, 3.8) is 0 Å². The number of halogens is 3. The fourth-order valence-corrected chi connectivity index (χ4v) is 4.13. The Morgan fingerprint density at radius 2 is 1.44 bits per heavy atom. The van der Waals surface area contributed by atoms with E-state index in [2.05, 4.69) is 6.92 Å². The minimum atomic E-state index is -1.85. The summed E-state index contributed by atoms with van der Waals surface area (Å²) in [6, 6.07) is 0. The molecule has 0 aromatic carbocycles. The number of nitrogens with one attached hydrogen (secondary N) is 1. The molecule has 1 N–H and O–H groups in total. The number of rotatable bonds is 16. The van der Waals surface area contributed by atoms with E-state index in [1.54, 1.807) is 6.92 Å². The van der Waals surface area contributed by atoms with Gasteiger partial charge < -0.3 is 14.2 Å². The zero-order valence-corrected chi connectivity index (χ0v) is 22.7. The molecule has 1 saturated heterocycles. The average Bonchev–Trinajstić information content (AvgIpc) is 3.00. The second kappa shape index (κ2) is 15.8. The molecule has 1 rings (SSSR count). The first kappa shape index (κ1) is 30.0. The van der Waals surface area contributed by atoms with Gasteiger partial charge in [-0.15, -0.1) is 0 Å². The van der Waals surface area contributed by atoms with E-state index in [0.29, 0.717) is 0 Å². The van der Waals surface area contributed by atoms with Crippen molar-refractivity contribution >= 4 is 40.7 Å². The summed E-state index contributed by atoms with van der Waals surface area (Å²) in [5, 5.41) is 7.67. The molecule has 1 aliphatic rings. The van der Waals surface area contributed by atoms with Gasteiger partial charge in [-0.2, -0.15) is 0 Å². The lowest BCUT2D eigenvalue weighted by molar-refractivity contribution is -0.143. The van der Waals surface area contributed by atoms with Gasteiger partial charge in [-0.1, -0.05) is 125 Å². The SMILES string of the molecule is CCCCCCCCCCCCCC[C@H]1OC(C)(C)O[C@H]1/C=C/[C@H](C)OC(=N)C(Cl)(Cl)Cl. The van der Waals surface area contributed by atoms with Gasteiger partial charge in [-0.3, -0.25) is 5.41 Å². The summed E-state index contributed by atoms with van der Waals surface area (Å²) in [5.74, 6) is -0.998. The highest BCUT2D eigenvalue weighted by Crippen LogP contribution is 2.32. The largest absolute Gasteiger partial charge is 0.471 e. The van der Waals surface area contributed by atoms with Crippen LogP contribution < -0.4 is 0 Å². The van der Waals surface area contributed by atoms with Gasteiger partial charge in [-0.25, -0.2) is 0 Å². The Hall–Kier alpha value is -0.000000000000000111. The van der Waals surface area contributed by atoms with Crippen LogP contribution in [0.25, 0.3) is 0 Å². The Balaban J connectivity index is 2.24. The molecule has 0 aromatic rings. The van der Waals surface area contributed by atoms with Crippen LogP contribution in [0.3, 0.4) is 0 Å². The third-order valence-corrected chi connectivity index (χ3v) is 6.21. The van der Waals surface area contributed by atoms with E-state index in [-0.39, 0.29) is 12.2 Å². The minimum absolute atomic E-state index is 0.0178. The maximum absolute atomic E-state index is 7.67. The maximum atomic E-state index is 7.67. The zero-order valence-electron chi connectivity index (χ0n) is 20.4. The van der Waals surface area contributed by atoms with Crippen molar-refractivity contribution < 1.29 is 14.2 Å². The fourth-order valence-electron chi connectivity index (χ4n) is 3.99. The van der Waals surface area contributed by atoms with Gasteiger partial charge >= 0.3 is 0 Å². The molecule has 32 heavy (non-hydrogen) atoms. The van der Waals surface area contributed by atoms with Gasteiger partial charge in [0.2, 0.25) is 5.90 Å². The predicted molar refractivity (Wildman–Crippen MR) is 137 cm³/mol. The molecule has 0 spiro atoms. The van der Waals surface area contributed by atoms with Gasteiger partial charge in [-0.05, 0) is 33.3 Å². The highest BCUT2D eigenvalue weighted by atomic mass is 35.6. The molecule has 0 aromatic heterocycles. The van der Waals surface area contributed by atoms with Crippen LogP contribution >= 0.6 is 34.8 Å². The summed E-state index contributed by atoms with van der Waals surface area (Å²) in [6.45, 7) is 7.94. The summed E-state index contributed by atoms with van der Waals surface area (Å²) in [7, 11) is 0. The lowest BCUT2D eigenvalue weighted by Gasteiger charge is -2.18. The normalized spacial score (nSPS) is 21.8. The predicted octanol–water partition coefficient (Wildman–Crippen LogP) is 8.91. The Labute approximate surface area is 211 Å². The molecule has 0 aliphatic carbocycles. The molecule has 0 amide bonds. The van der Waals surface area contributed by atoms with E-state index < -0.39 is 21.6 Å². The first-order valence-electron chi connectivity index (χ1n) is 12.4. The molecule has 1 heterocycles. The topological polar surface area (TPSA) is 51.5 Å². The van der Waals surface area contributed by atoms with Crippen LogP contribution in [0.4, 0.5) is 0 Å². The number of alkyl halides is 3. The van der Waals surface area contributed by atoms with Crippen molar-refractivity contribution in [3.8, 4) is 0 Å². The van der Waals surface area contributed by atoms with Crippen LogP contribution in [0.1, 0.15) is 111 Å². The molecule has 0 saturated carbocycles. The van der Waals surface area contributed by atoms with E-state index in [4.69, 9.17) is 54.4 Å². The van der Waals surface area contributed by atoms with Gasteiger partial charge in [0.05, 0.1) is 6.10 Å². The number of unbranched alkanes of at least 4 members (excludes halogenated alkanes) is 11. The smallest absolute Gasteiger partial charge is 0.265 e. The van der Waals surface area contributed by atoms with Crippen molar-refractivity contribution in [1.29, 1.82) is 5.41 Å². The number of hydrogen-bond donors (Lipinski definition) is 1. The van der Waals surface area contributed by atoms with Crippen LogP contribution in [0.5, 0.6) is 0 Å². The summed E-state index contributed by atoms with van der Waals surface area (Å²) in [6.07, 6.45) is 20.2. The minimum Gasteiger partial charge on any atom is -0.471 e. The monoisotopic (exact) mass is 511 g/mol. The third kappa shape index (κ3) is 13.6. The first-order chi connectivity index (χ1) is 15.0. The van der Waals surface area contributed by atoms with Crippen molar-refractivity contribution in [1.82, 2.24) is 0 Å². The Morgan fingerprint density at radius 3 is 1.94 bits per heavy atom. The second-order valence-corrected chi connectivity index (χ2v) is 11.6. The molecule has 7 heteroatoms. The van der Waals surface area contributed by atoms with E-state index in [9.17, 15) is 0 Å². The van der Waals surface area contributed by atoms with Gasteiger partial charge in [0.15, 0.2) is 5.79 Å². The summed E-state index contributed by atoms with van der Waals surface area (Å²) in [4.78, 5) is 0. The van der Waals surface area contributed by atoms with Crippen LogP contribution in [0.2, 0.25) is 0 Å². The molecule has 0 unspecified atom stereocenters. The molecular weight excluding hydrogens is 469 g/mol. The van der Waals surface area contributed by atoms with Gasteiger partial charge in [0.1, 0.15) is 12.2 Å². The second-order valence-electron chi connectivity index (χ2n) is 9.35. The molecule has 0 bridgehead atoms. The Bertz CT molecular complexity index is 549. The van der Waals surface area contributed by atoms with Crippen molar-refractivity contribution in [3.05, 3.63) is 12.2 Å². The van der Waals surface area contributed by atoms with E-state index in [1.165, 1.54) is 70.6 Å². The fraction of sp³-hybridized carbons (Fsp3) is 0.880. The number of ether oxygens (including phenoxy) is 3. The quantitative estimate of drug-likeness (QED) is 0.0738. The van der Waals surface area contributed by atoms with Crippen molar-refractivity contribution in [2.45, 2.75) is 139 Å². The van der Waals surface area contributed by atoms with Crippen molar-refractivity contribution in [2.75, 3.05) is 0 Å². The Morgan fingerprint density at radius 1 is 0.938 bits per heavy atom. The van der Waals surface area contributed by atoms with Crippen LogP contribution in [-0.2, 0) is 14.2 Å². The highest BCUT2D eigenvalue weighted by Gasteiger charge is 2.39. The van der Waals surface area contributed by atoms with Crippen LogP contribution in [0, 0.1) is 5.41 Å². The van der Waals surface area contributed by atoms with Gasteiger partial charge in [0, 0.05) is 0 Å². The zero-order chi connectivity index (χ0) is 24.0. The molecule has 1 aliphatic heterocycles. The van der Waals surface area contributed by atoms with E-state index in [0.717, 1.165) is 12.8 Å². The molecule has 0 radical (unpaired) electrons. The summed E-state index contributed by atoms with van der Waals surface area (Å²) >= 11 is 17.0. The third-order valence-electron chi connectivity index (χ3n) is 5.70. The van der Waals surface area contributed by atoms with Crippen molar-refractivity contribution in [2.24, 2.45) is 0 Å². The molecule has 1 fully saturated rings. The Kier molecular flexibility index (Phi) is 14.8. The summed E-state index contributed by atoms with van der Waals surface area (Å²) in [5.41, 5.74) is 0. The molecule has 4 nitrogen and oxygen atoms in total. The molecular formula is C25H44Cl3NO3. The van der Waals surface area contributed by atoms with Gasteiger partial charge in [0.25, 0.3) is 3.79 Å². The maximum Gasteiger partial charge on any atom is 0.265 e. The lowest BCUT2D eigenvalue weighted by Crippen LogP contribution is -2.25. The van der Waals surface area contributed by atoms with E-state index >= 15 is 0 Å².